The van der Waals surface area contributed by atoms with Gasteiger partial charge < -0.3 is 10.2 Å². The topological polar surface area (TPSA) is 32.3 Å². The summed E-state index contributed by atoms with van der Waals surface area (Å²) in [6.45, 7) is 4.67. The van der Waals surface area contributed by atoms with Crippen LogP contribution < -0.4 is 5.32 Å². The fraction of sp³-hybridized carbons (Fsp3) is 0.462. The molecular formula is C13H20N2O. The third-order valence-electron chi connectivity index (χ3n) is 2.54. The van der Waals surface area contributed by atoms with Crippen LogP contribution in [0.25, 0.3) is 0 Å². The van der Waals surface area contributed by atoms with E-state index in [1.807, 2.05) is 6.92 Å². The van der Waals surface area contributed by atoms with Crippen molar-refractivity contribution in [3.05, 3.63) is 35.4 Å². The van der Waals surface area contributed by atoms with Gasteiger partial charge in [-0.1, -0.05) is 29.8 Å². The minimum absolute atomic E-state index is 0.104. The zero-order chi connectivity index (χ0) is 12.1. The molecule has 16 heavy (non-hydrogen) atoms. The molecule has 0 aromatic heterocycles. The first kappa shape index (κ1) is 12.7. The van der Waals surface area contributed by atoms with E-state index in [4.69, 9.17) is 0 Å². The number of rotatable bonds is 4. The lowest BCUT2D eigenvalue weighted by Gasteiger charge is -2.18. The Bertz CT molecular complexity index is 343. The SMILES string of the molecule is Cc1ccc(CNC(C)C(=O)N(C)C)cc1. The van der Waals surface area contributed by atoms with E-state index >= 15 is 0 Å². The number of carbonyl (C=O) groups excluding carboxylic acids is 1. The summed E-state index contributed by atoms with van der Waals surface area (Å²) in [7, 11) is 3.54. The molecular weight excluding hydrogens is 200 g/mol. The van der Waals surface area contributed by atoms with Crippen molar-refractivity contribution in [3.8, 4) is 0 Å². The zero-order valence-corrected chi connectivity index (χ0v) is 10.4. The van der Waals surface area contributed by atoms with Crippen molar-refractivity contribution in [2.75, 3.05) is 14.1 Å². The normalized spacial score (nSPS) is 12.2. The highest BCUT2D eigenvalue weighted by atomic mass is 16.2. The lowest BCUT2D eigenvalue weighted by molar-refractivity contribution is -0.130. The summed E-state index contributed by atoms with van der Waals surface area (Å²) >= 11 is 0. The Morgan fingerprint density at radius 2 is 1.88 bits per heavy atom. The number of carbonyl (C=O) groups is 1. The number of amides is 1. The van der Waals surface area contributed by atoms with Crippen molar-refractivity contribution >= 4 is 5.91 Å². The molecule has 3 heteroatoms. The monoisotopic (exact) mass is 220 g/mol. The predicted molar refractivity (Wildman–Crippen MR) is 66.2 cm³/mol. The summed E-state index contributed by atoms with van der Waals surface area (Å²) in [6.07, 6.45) is 0. The van der Waals surface area contributed by atoms with Gasteiger partial charge in [-0.2, -0.15) is 0 Å². The maximum atomic E-state index is 11.6. The fourth-order valence-electron chi connectivity index (χ4n) is 1.45. The molecule has 3 nitrogen and oxygen atoms in total. The first-order chi connectivity index (χ1) is 7.50. The molecule has 0 aliphatic heterocycles. The zero-order valence-electron chi connectivity index (χ0n) is 10.4. The van der Waals surface area contributed by atoms with Crippen molar-refractivity contribution < 1.29 is 4.79 Å². The molecule has 0 aliphatic rings. The molecule has 1 amide bonds. The largest absolute Gasteiger partial charge is 0.347 e. The number of hydrogen-bond donors (Lipinski definition) is 1. The smallest absolute Gasteiger partial charge is 0.238 e. The van der Waals surface area contributed by atoms with Crippen LogP contribution >= 0.6 is 0 Å². The minimum atomic E-state index is -0.142. The molecule has 0 fully saturated rings. The first-order valence-electron chi connectivity index (χ1n) is 5.51. The molecule has 1 aromatic rings. The van der Waals surface area contributed by atoms with Crippen molar-refractivity contribution in [2.24, 2.45) is 0 Å². The van der Waals surface area contributed by atoms with Crippen LogP contribution in [0.4, 0.5) is 0 Å². The molecule has 1 N–H and O–H groups in total. The van der Waals surface area contributed by atoms with Gasteiger partial charge in [-0.05, 0) is 19.4 Å². The molecule has 0 saturated carbocycles. The van der Waals surface area contributed by atoms with Gasteiger partial charge in [-0.25, -0.2) is 0 Å². The molecule has 1 aromatic carbocycles. The Kier molecular flexibility index (Phi) is 4.50. The van der Waals surface area contributed by atoms with E-state index in [2.05, 4.69) is 36.5 Å². The summed E-state index contributed by atoms with van der Waals surface area (Å²) in [5.41, 5.74) is 2.45. The lowest BCUT2D eigenvalue weighted by atomic mass is 10.1. The van der Waals surface area contributed by atoms with E-state index in [-0.39, 0.29) is 11.9 Å². The highest BCUT2D eigenvalue weighted by molar-refractivity contribution is 5.80. The van der Waals surface area contributed by atoms with Crippen molar-refractivity contribution in [1.29, 1.82) is 0 Å². The second-order valence-electron chi connectivity index (χ2n) is 4.32. The van der Waals surface area contributed by atoms with Gasteiger partial charge >= 0.3 is 0 Å². The molecule has 1 rings (SSSR count). The summed E-state index contributed by atoms with van der Waals surface area (Å²) in [4.78, 5) is 13.2. The molecule has 0 aliphatic carbocycles. The maximum absolute atomic E-state index is 11.6. The molecule has 88 valence electrons. The van der Waals surface area contributed by atoms with Gasteiger partial charge in [0.1, 0.15) is 0 Å². The van der Waals surface area contributed by atoms with Gasteiger partial charge in [0.2, 0.25) is 5.91 Å². The molecule has 1 unspecified atom stereocenters. The highest BCUT2D eigenvalue weighted by Crippen LogP contribution is 2.03. The van der Waals surface area contributed by atoms with Crippen LogP contribution in [0.1, 0.15) is 18.1 Å². The summed E-state index contributed by atoms with van der Waals surface area (Å²) in [5, 5.41) is 3.21. The van der Waals surface area contributed by atoms with Crippen LogP contribution in [-0.2, 0) is 11.3 Å². The summed E-state index contributed by atoms with van der Waals surface area (Å²) in [5.74, 6) is 0.104. The van der Waals surface area contributed by atoms with Gasteiger partial charge in [-0.15, -0.1) is 0 Å². The molecule has 1 atom stereocenters. The fourth-order valence-corrected chi connectivity index (χ4v) is 1.45. The highest BCUT2D eigenvalue weighted by Gasteiger charge is 2.13. The third-order valence-corrected chi connectivity index (χ3v) is 2.54. The van der Waals surface area contributed by atoms with Crippen LogP contribution in [0.5, 0.6) is 0 Å². The standard InChI is InChI=1S/C13H20N2O/c1-10-5-7-12(8-6-10)9-14-11(2)13(16)15(3)4/h5-8,11,14H,9H2,1-4H3. The van der Waals surface area contributed by atoms with Crippen LogP contribution in [0.3, 0.4) is 0 Å². The molecule has 0 bridgehead atoms. The Labute approximate surface area is 97.5 Å². The molecule has 0 radical (unpaired) electrons. The number of nitrogens with one attached hydrogen (secondary N) is 1. The Morgan fingerprint density at radius 3 is 2.38 bits per heavy atom. The van der Waals surface area contributed by atoms with Crippen molar-refractivity contribution in [1.82, 2.24) is 10.2 Å². The van der Waals surface area contributed by atoms with Gasteiger partial charge in [0, 0.05) is 20.6 Å². The third kappa shape index (κ3) is 3.66. The number of hydrogen-bond acceptors (Lipinski definition) is 2. The van der Waals surface area contributed by atoms with Gasteiger partial charge in [0.15, 0.2) is 0 Å². The van der Waals surface area contributed by atoms with Gasteiger partial charge in [0.25, 0.3) is 0 Å². The average Bonchev–Trinajstić information content (AvgIpc) is 2.26. The predicted octanol–water partition coefficient (Wildman–Crippen LogP) is 1.56. The summed E-state index contributed by atoms with van der Waals surface area (Å²) < 4.78 is 0. The Balaban J connectivity index is 2.45. The van der Waals surface area contributed by atoms with Crippen LogP contribution in [0.2, 0.25) is 0 Å². The minimum Gasteiger partial charge on any atom is -0.347 e. The lowest BCUT2D eigenvalue weighted by Crippen LogP contribution is -2.41. The molecule has 0 heterocycles. The Morgan fingerprint density at radius 1 is 1.31 bits per heavy atom. The molecule has 0 spiro atoms. The van der Waals surface area contributed by atoms with Crippen molar-refractivity contribution in [3.63, 3.8) is 0 Å². The first-order valence-corrected chi connectivity index (χ1v) is 5.51. The number of benzene rings is 1. The molecule has 0 saturated heterocycles. The van der Waals surface area contributed by atoms with Gasteiger partial charge in [0.05, 0.1) is 6.04 Å². The second-order valence-corrected chi connectivity index (χ2v) is 4.32. The quantitative estimate of drug-likeness (QED) is 0.835. The van der Waals surface area contributed by atoms with E-state index in [1.54, 1.807) is 19.0 Å². The van der Waals surface area contributed by atoms with Crippen LogP contribution in [0, 0.1) is 6.92 Å². The van der Waals surface area contributed by atoms with E-state index < -0.39 is 0 Å². The van der Waals surface area contributed by atoms with Crippen LogP contribution in [-0.4, -0.2) is 30.9 Å². The average molecular weight is 220 g/mol. The maximum Gasteiger partial charge on any atom is 0.238 e. The summed E-state index contributed by atoms with van der Waals surface area (Å²) in [6, 6.07) is 8.17. The number of nitrogens with zero attached hydrogens (tertiary/aromatic N) is 1. The van der Waals surface area contributed by atoms with E-state index in [9.17, 15) is 4.79 Å². The van der Waals surface area contributed by atoms with Crippen LogP contribution in [0.15, 0.2) is 24.3 Å². The number of aryl methyl sites for hydroxylation is 1. The van der Waals surface area contributed by atoms with Gasteiger partial charge in [-0.3, -0.25) is 4.79 Å². The van der Waals surface area contributed by atoms with Crippen molar-refractivity contribution in [2.45, 2.75) is 26.4 Å². The second kappa shape index (κ2) is 5.66. The van der Waals surface area contributed by atoms with E-state index in [0.29, 0.717) is 0 Å². The van der Waals surface area contributed by atoms with E-state index in [0.717, 1.165) is 6.54 Å². The van der Waals surface area contributed by atoms with E-state index in [1.165, 1.54) is 11.1 Å². The number of likely N-dealkylation sites (N-methyl/N-ethyl adjacent to an activating group) is 1. The Hall–Kier alpha value is -1.35.